The molecule has 1 aromatic carbocycles. The Morgan fingerprint density at radius 2 is 2.11 bits per heavy atom. The number of halogens is 2. The largest absolute Gasteiger partial charge is 0.357 e. The fraction of sp³-hybridized carbons (Fsp3) is 0.524. The van der Waals surface area contributed by atoms with Crippen LogP contribution in [0, 0.1) is 6.92 Å². The summed E-state index contributed by atoms with van der Waals surface area (Å²) in [6.45, 7) is 7.83. The predicted molar refractivity (Wildman–Crippen MR) is 131 cm³/mol. The molecule has 0 saturated heterocycles. The van der Waals surface area contributed by atoms with Crippen LogP contribution in [0.3, 0.4) is 0 Å². The zero-order chi connectivity index (χ0) is 19.1. The summed E-state index contributed by atoms with van der Waals surface area (Å²) in [5, 5.41) is 6.86. The van der Waals surface area contributed by atoms with Gasteiger partial charge in [0.2, 0.25) is 0 Å². The van der Waals surface area contributed by atoms with Gasteiger partial charge in [-0.2, -0.15) is 0 Å². The van der Waals surface area contributed by atoms with Gasteiger partial charge >= 0.3 is 0 Å². The number of unbranched alkanes of at least 4 members (excludes halogenated alkanes) is 1. The van der Waals surface area contributed by atoms with Gasteiger partial charge in [-0.15, -0.1) is 24.0 Å². The number of nitrogens with one attached hydrogen (secondary N) is 2. The number of aromatic nitrogens is 2. The van der Waals surface area contributed by atoms with E-state index in [-0.39, 0.29) is 29.4 Å². The van der Waals surface area contributed by atoms with E-state index in [1.165, 1.54) is 18.4 Å². The first kappa shape index (κ1) is 23.2. The van der Waals surface area contributed by atoms with Crippen molar-refractivity contribution in [3.63, 3.8) is 0 Å². The highest BCUT2D eigenvalue weighted by Crippen LogP contribution is 2.48. The van der Waals surface area contributed by atoms with Gasteiger partial charge in [0.15, 0.2) is 5.96 Å². The van der Waals surface area contributed by atoms with Crippen molar-refractivity contribution in [2.45, 2.75) is 51.5 Å². The lowest BCUT2D eigenvalue weighted by Crippen LogP contribution is -2.38. The predicted octanol–water partition coefficient (Wildman–Crippen LogP) is 4.64. The van der Waals surface area contributed by atoms with Crippen LogP contribution in [0.4, 0.5) is 0 Å². The van der Waals surface area contributed by atoms with Gasteiger partial charge in [0.25, 0.3) is 0 Å². The van der Waals surface area contributed by atoms with Crippen molar-refractivity contribution >= 4 is 45.9 Å². The van der Waals surface area contributed by atoms with E-state index >= 15 is 0 Å². The molecule has 7 heteroatoms. The monoisotopic (exact) mass is 559 g/mol. The Morgan fingerprint density at radius 3 is 2.75 bits per heavy atom. The van der Waals surface area contributed by atoms with Crippen molar-refractivity contribution < 1.29 is 0 Å². The minimum absolute atomic E-state index is 0. The van der Waals surface area contributed by atoms with Crippen molar-refractivity contribution in [3.8, 4) is 0 Å². The van der Waals surface area contributed by atoms with E-state index in [0.717, 1.165) is 55.3 Å². The van der Waals surface area contributed by atoms with Crippen LogP contribution in [0.5, 0.6) is 0 Å². The first-order valence-corrected chi connectivity index (χ1v) is 10.7. The molecular weight excluding hydrogens is 529 g/mol. The fourth-order valence-corrected chi connectivity index (χ4v) is 3.73. The molecule has 1 aromatic heterocycles. The molecule has 1 fully saturated rings. The van der Waals surface area contributed by atoms with E-state index in [1.807, 2.05) is 19.3 Å². The number of hydrogen-bond acceptors (Lipinski definition) is 2. The summed E-state index contributed by atoms with van der Waals surface area (Å²) in [6, 6.07) is 8.67. The molecular formula is C21H31BrIN5. The standard InChI is InChI=1S/C21H30BrN5.HI/c1-3-23-20(25-11-4-5-13-27-14-12-24-17(27)2)26-16-21(9-10-21)18-7-6-8-19(22)15-18;/h6-8,12,14-15H,3-5,9-11,13,16H2,1-2H3,(H2,23,25,26);1H. The molecule has 0 radical (unpaired) electrons. The molecule has 0 amide bonds. The Balaban J connectivity index is 0.00000280. The Kier molecular flexibility index (Phi) is 9.27. The van der Waals surface area contributed by atoms with Crippen molar-refractivity contribution in [3.05, 3.63) is 52.5 Å². The molecule has 154 valence electrons. The first-order valence-electron chi connectivity index (χ1n) is 9.89. The lowest BCUT2D eigenvalue weighted by atomic mass is 9.96. The Hall–Kier alpha value is -1.09. The Bertz CT molecular complexity index is 770. The third-order valence-corrected chi connectivity index (χ3v) is 5.71. The molecule has 0 bridgehead atoms. The number of imidazole rings is 1. The second-order valence-corrected chi connectivity index (χ2v) is 8.20. The van der Waals surface area contributed by atoms with Gasteiger partial charge in [-0.05, 0) is 57.2 Å². The molecule has 1 aliphatic rings. The molecule has 1 aliphatic carbocycles. The molecule has 1 saturated carbocycles. The number of benzene rings is 1. The van der Waals surface area contributed by atoms with Gasteiger partial charge in [-0.3, -0.25) is 4.99 Å². The van der Waals surface area contributed by atoms with E-state index in [9.17, 15) is 0 Å². The highest BCUT2D eigenvalue weighted by atomic mass is 127. The van der Waals surface area contributed by atoms with Crippen molar-refractivity contribution in [1.29, 1.82) is 0 Å². The van der Waals surface area contributed by atoms with E-state index in [1.54, 1.807) is 0 Å². The quantitative estimate of drug-likeness (QED) is 0.204. The van der Waals surface area contributed by atoms with Gasteiger partial charge in [0.1, 0.15) is 5.82 Å². The summed E-state index contributed by atoms with van der Waals surface area (Å²) in [5.41, 5.74) is 1.62. The maximum atomic E-state index is 4.88. The second-order valence-electron chi connectivity index (χ2n) is 7.29. The molecule has 3 rings (SSSR count). The van der Waals surface area contributed by atoms with Crippen LogP contribution in [0.1, 0.15) is 44.0 Å². The highest BCUT2D eigenvalue weighted by molar-refractivity contribution is 14.0. The van der Waals surface area contributed by atoms with E-state index in [2.05, 4.69) is 67.3 Å². The molecule has 0 atom stereocenters. The maximum Gasteiger partial charge on any atom is 0.191 e. The van der Waals surface area contributed by atoms with Crippen LogP contribution < -0.4 is 10.6 Å². The van der Waals surface area contributed by atoms with Gasteiger partial charge in [-0.1, -0.05) is 28.1 Å². The van der Waals surface area contributed by atoms with Crippen molar-refractivity contribution in [1.82, 2.24) is 20.2 Å². The topological polar surface area (TPSA) is 54.2 Å². The second kappa shape index (κ2) is 11.2. The van der Waals surface area contributed by atoms with Gasteiger partial charge in [0, 0.05) is 41.9 Å². The summed E-state index contributed by atoms with van der Waals surface area (Å²) in [5.74, 6) is 2.01. The summed E-state index contributed by atoms with van der Waals surface area (Å²) in [6.07, 6.45) is 8.59. The molecule has 2 aromatic rings. The average molecular weight is 560 g/mol. The van der Waals surface area contributed by atoms with Gasteiger partial charge in [-0.25, -0.2) is 4.98 Å². The summed E-state index contributed by atoms with van der Waals surface area (Å²) < 4.78 is 3.35. The molecule has 2 N–H and O–H groups in total. The molecule has 1 heterocycles. The lowest BCUT2D eigenvalue weighted by molar-refractivity contribution is 0.587. The zero-order valence-corrected chi connectivity index (χ0v) is 20.7. The van der Waals surface area contributed by atoms with Gasteiger partial charge < -0.3 is 15.2 Å². The number of rotatable bonds is 9. The summed E-state index contributed by atoms with van der Waals surface area (Å²) in [4.78, 5) is 9.15. The van der Waals surface area contributed by atoms with E-state index in [0.29, 0.717) is 0 Å². The SMILES string of the molecule is CCNC(=NCC1(c2cccc(Br)c2)CC1)NCCCCn1ccnc1C.I. The summed E-state index contributed by atoms with van der Waals surface area (Å²) in [7, 11) is 0. The first-order chi connectivity index (χ1) is 13.1. The van der Waals surface area contributed by atoms with E-state index < -0.39 is 0 Å². The van der Waals surface area contributed by atoms with Crippen molar-refractivity contribution in [2.75, 3.05) is 19.6 Å². The molecule has 0 aliphatic heterocycles. The smallest absolute Gasteiger partial charge is 0.191 e. The number of nitrogens with zero attached hydrogens (tertiary/aromatic N) is 3. The van der Waals surface area contributed by atoms with Crippen LogP contribution in [0.2, 0.25) is 0 Å². The van der Waals surface area contributed by atoms with Crippen LogP contribution in [0.15, 0.2) is 46.1 Å². The van der Waals surface area contributed by atoms with E-state index in [4.69, 9.17) is 4.99 Å². The molecule has 28 heavy (non-hydrogen) atoms. The Labute approximate surface area is 194 Å². The van der Waals surface area contributed by atoms with Crippen molar-refractivity contribution in [2.24, 2.45) is 4.99 Å². The minimum atomic E-state index is 0. The average Bonchev–Trinajstić information content (AvgIpc) is 3.35. The normalized spacial score (nSPS) is 15.0. The molecule has 5 nitrogen and oxygen atoms in total. The van der Waals surface area contributed by atoms with Crippen LogP contribution in [-0.4, -0.2) is 35.1 Å². The van der Waals surface area contributed by atoms with Gasteiger partial charge in [0.05, 0.1) is 6.54 Å². The number of guanidine groups is 1. The highest BCUT2D eigenvalue weighted by Gasteiger charge is 2.44. The zero-order valence-electron chi connectivity index (χ0n) is 16.7. The third-order valence-electron chi connectivity index (χ3n) is 5.22. The Morgan fingerprint density at radius 1 is 1.29 bits per heavy atom. The fourth-order valence-electron chi connectivity index (χ4n) is 3.33. The third kappa shape index (κ3) is 6.47. The lowest BCUT2D eigenvalue weighted by Gasteiger charge is -2.16. The maximum absolute atomic E-state index is 4.88. The minimum Gasteiger partial charge on any atom is -0.357 e. The molecule has 0 spiro atoms. The molecule has 0 unspecified atom stereocenters. The van der Waals surface area contributed by atoms with Crippen LogP contribution in [-0.2, 0) is 12.0 Å². The van der Waals surface area contributed by atoms with Crippen LogP contribution in [0.25, 0.3) is 0 Å². The summed E-state index contributed by atoms with van der Waals surface area (Å²) >= 11 is 3.59. The number of hydrogen-bond donors (Lipinski definition) is 2. The number of aliphatic imine (C=N–C) groups is 1. The van der Waals surface area contributed by atoms with Crippen LogP contribution >= 0.6 is 39.9 Å². The number of aryl methyl sites for hydroxylation is 2.